The summed E-state index contributed by atoms with van der Waals surface area (Å²) in [6.45, 7) is -1.00. The first-order valence-corrected chi connectivity index (χ1v) is 6.35. The van der Waals surface area contributed by atoms with Crippen LogP contribution in [-0.2, 0) is 14.8 Å². The van der Waals surface area contributed by atoms with E-state index in [1.165, 1.54) is 0 Å². The van der Waals surface area contributed by atoms with E-state index in [0.29, 0.717) is 0 Å². The quantitative estimate of drug-likeness (QED) is 0.773. The van der Waals surface area contributed by atoms with Crippen molar-refractivity contribution in [3.05, 3.63) is 29.3 Å². The highest BCUT2D eigenvalue weighted by molar-refractivity contribution is 7.90. The van der Waals surface area contributed by atoms with E-state index >= 15 is 0 Å². The number of carboxylic acids is 2. The number of carboxylic acid groups (broad SMARTS) is 2. The van der Waals surface area contributed by atoms with Crippen LogP contribution in [0, 0.1) is 0 Å². The van der Waals surface area contributed by atoms with E-state index in [2.05, 4.69) is 0 Å². The maximum atomic E-state index is 12.0. The van der Waals surface area contributed by atoms with E-state index in [4.69, 9.17) is 10.2 Å². The molecule has 0 aliphatic carbocycles. The standard InChI is InChI=1S/C10H7NO7S/c12-8(13)4-11-9(14)6-2-1-5(10(15)16)3-7(6)19(11,17)18/h1-3H,4H2,(H,12,13)(H,15,16). The number of sulfonamides is 1. The molecule has 100 valence electrons. The highest BCUT2D eigenvalue weighted by Crippen LogP contribution is 2.30. The first kappa shape index (κ1) is 13.0. The molecule has 0 atom stereocenters. The van der Waals surface area contributed by atoms with Gasteiger partial charge in [0.1, 0.15) is 11.4 Å². The molecule has 0 saturated carbocycles. The van der Waals surface area contributed by atoms with Crippen LogP contribution in [0.25, 0.3) is 0 Å². The van der Waals surface area contributed by atoms with Crippen LogP contribution in [0.1, 0.15) is 20.7 Å². The Hall–Kier alpha value is -2.42. The zero-order chi connectivity index (χ0) is 14.4. The van der Waals surface area contributed by atoms with Crippen LogP contribution < -0.4 is 0 Å². The first-order chi connectivity index (χ1) is 8.75. The average Bonchev–Trinajstić information content (AvgIpc) is 2.50. The lowest BCUT2D eigenvalue weighted by Crippen LogP contribution is -2.34. The summed E-state index contributed by atoms with van der Waals surface area (Å²) < 4.78 is 24.1. The lowest BCUT2D eigenvalue weighted by Gasteiger charge is -2.11. The number of aliphatic carboxylic acids is 1. The molecule has 0 radical (unpaired) electrons. The summed E-state index contributed by atoms with van der Waals surface area (Å²) in [5.74, 6) is -3.81. The molecule has 1 heterocycles. The van der Waals surface area contributed by atoms with Gasteiger partial charge in [-0.25, -0.2) is 17.5 Å². The Balaban J connectivity index is 2.61. The Morgan fingerprint density at radius 2 is 1.84 bits per heavy atom. The second kappa shape index (κ2) is 4.05. The van der Waals surface area contributed by atoms with Crippen LogP contribution in [-0.4, -0.2) is 47.3 Å². The number of benzene rings is 1. The van der Waals surface area contributed by atoms with Gasteiger partial charge < -0.3 is 10.2 Å². The van der Waals surface area contributed by atoms with Crippen molar-refractivity contribution in [1.29, 1.82) is 0 Å². The van der Waals surface area contributed by atoms with Gasteiger partial charge in [-0.15, -0.1) is 0 Å². The molecule has 0 bridgehead atoms. The van der Waals surface area contributed by atoms with Crippen LogP contribution >= 0.6 is 0 Å². The average molecular weight is 285 g/mol. The molecular formula is C10H7NO7S. The SMILES string of the molecule is O=C(O)CN1C(=O)c2ccc(C(=O)O)cc2S1(=O)=O. The molecule has 1 aliphatic heterocycles. The topological polar surface area (TPSA) is 129 Å². The van der Waals surface area contributed by atoms with Crippen LogP contribution in [0.3, 0.4) is 0 Å². The fourth-order valence-electron chi connectivity index (χ4n) is 1.69. The van der Waals surface area contributed by atoms with Gasteiger partial charge >= 0.3 is 11.9 Å². The number of aromatic carboxylic acids is 1. The highest BCUT2D eigenvalue weighted by Gasteiger charge is 2.42. The van der Waals surface area contributed by atoms with Crippen LogP contribution in [0.5, 0.6) is 0 Å². The molecule has 2 N–H and O–H groups in total. The normalized spacial score (nSPS) is 16.2. The van der Waals surface area contributed by atoms with Crippen LogP contribution in [0.2, 0.25) is 0 Å². The van der Waals surface area contributed by atoms with Gasteiger partial charge in [-0.2, -0.15) is 0 Å². The van der Waals surface area contributed by atoms with Crippen LogP contribution in [0.4, 0.5) is 0 Å². The summed E-state index contributed by atoms with van der Waals surface area (Å²) in [4.78, 5) is 32.6. The van der Waals surface area contributed by atoms with Gasteiger partial charge in [0.15, 0.2) is 0 Å². The maximum Gasteiger partial charge on any atom is 0.335 e. The number of nitrogens with zero attached hydrogens (tertiary/aromatic N) is 1. The summed E-state index contributed by atoms with van der Waals surface area (Å²) in [6.07, 6.45) is 0. The third-order valence-corrected chi connectivity index (χ3v) is 4.30. The van der Waals surface area contributed by atoms with E-state index in [-0.39, 0.29) is 15.4 Å². The van der Waals surface area contributed by atoms with Crippen LogP contribution in [0.15, 0.2) is 23.1 Å². The number of hydrogen-bond acceptors (Lipinski definition) is 5. The van der Waals surface area contributed by atoms with E-state index in [1.54, 1.807) is 0 Å². The maximum absolute atomic E-state index is 12.0. The minimum Gasteiger partial charge on any atom is -0.480 e. The Labute approximate surface area is 106 Å². The first-order valence-electron chi connectivity index (χ1n) is 4.91. The van der Waals surface area contributed by atoms with Crippen molar-refractivity contribution in [3.8, 4) is 0 Å². The predicted octanol–water partition coefficient (Wildman–Crippen LogP) is -0.386. The Kier molecular flexibility index (Phi) is 2.78. The summed E-state index contributed by atoms with van der Waals surface area (Å²) in [5, 5.41) is 17.4. The molecule has 0 fully saturated rings. The lowest BCUT2D eigenvalue weighted by molar-refractivity contribution is -0.136. The second-order valence-electron chi connectivity index (χ2n) is 3.73. The van der Waals surface area contributed by atoms with Crippen molar-refractivity contribution in [2.24, 2.45) is 0 Å². The van der Waals surface area contributed by atoms with Crippen molar-refractivity contribution in [2.45, 2.75) is 4.90 Å². The van der Waals surface area contributed by atoms with Crippen molar-refractivity contribution in [1.82, 2.24) is 4.31 Å². The van der Waals surface area contributed by atoms with Crippen molar-refractivity contribution < 1.29 is 33.0 Å². The third kappa shape index (κ3) is 1.93. The number of carbonyl (C=O) groups excluding carboxylic acids is 1. The van der Waals surface area contributed by atoms with Gasteiger partial charge in [-0.05, 0) is 18.2 Å². The molecule has 0 spiro atoms. The number of fused-ring (bicyclic) bond motifs is 1. The fourth-order valence-corrected chi connectivity index (χ4v) is 3.23. The Morgan fingerprint density at radius 1 is 1.21 bits per heavy atom. The molecule has 1 amide bonds. The minimum absolute atomic E-state index is 0.200. The molecule has 19 heavy (non-hydrogen) atoms. The Bertz CT molecular complexity index is 707. The smallest absolute Gasteiger partial charge is 0.335 e. The number of amides is 1. The monoisotopic (exact) mass is 285 g/mol. The summed E-state index contributed by atoms with van der Waals surface area (Å²) >= 11 is 0. The largest absolute Gasteiger partial charge is 0.480 e. The van der Waals surface area contributed by atoms with Crippen molar-refractivity contribution in [2.75, 3.05) is 6.54 Å². The lowest BCUT2D eigenvalue weighted by atomic mass is 10.1. The molecule has 0 aromatic heterocycles. The van der Waals surface area contributed by atoms with E-state index in [9.17, 15) is 22.8 Å². The van der Waals surface area contributed by atoms with E-state index in [0.717, 1.165) is 18.2 Å². The minimum atomic E-state index is -4.31. The van der Waals surface area contributed by atoms with E-state index < -0.39 is 39.3 Å². The molecule has 2 rings (SSSR count). The predicted molar refractivity (Wildman–Crippen MR) is 59.3 cm³/mol. The molecule has 9 heteroatoms. The van der Waals surface area contributed by atoms with Gasteiger partial charge in [0.05, 0.1) is 11.1 Å². The van der Waals surface area contributed by atoms with Crippen molar-refractivity contribution in [3.63, 3.8) is 0 Å². The van der Waals surface area contributed by atoms with Crippen molar-refractivity contribution >= 4 is 27.9 Å². The third-order valence-electron chi connectivity index (χ3n) is 2.53. The molecule has 0 unspecified atom stereocenters. The highest BCUT2D eigenvalue weighted by atomic mass is 32.2. The summed E-state index contributed by atoms with van der Waals surface area (Å²) in [7, 11) is -4.31. The molecule has 1 aromatic carbocycles. The molecular weight excluding hydrogens is 278 g/mol. The van der Waals surface area contributed by atoms with E-state index in [1.807, 2.05) is 0 Å². The molecule has 0 saturated heterocycles. The summed E-state index contributed by atoms with van der Waals surface area (Å²) in [6, 6.07) is 2.98. The fraction of sp³-hybridized carbons (Fsp3) is 0.100. The zero-order valence-electron chi connectivity index (χ0n) is 9.23. The number of carbonyl (C=O) groups is 3. The van der Waals surface area contributed by atoms with Gasteiger partial charge in [-0.1, -0.05) is 0 Å². The van der Waals surface area contributed by atoms with Gasteiger partial charge in [0.2, 0.25) is 0 Å². The van der Waals surface area contributed by atoms with Gasteiger partial charge in [-0.3, -0.25) is 9.59 Å². The van der Waals surface area contributed by atoms with Gasteiger partial charge in [0, 0.05) is 0 Å². The summed E-state index contributed by atoms with van der Waals surface area (Å²) in [5.41, 5.74) is -0.529. The Morgan fingerprint density at radius 3 is 2.37 bits per heavy atom. The molecule has 1 aliphatic rings. The van der Waals surface area contributed by atoms with Gasteiger partial charge in [0.25, 0.3) is 15.9 Å². The number of rotatable bonds is 3. The second-order valence-corrected chi connectivity index (χ2v) is 5.56. The molecule has 8 nitrogen and oxygen atoms in total. The zero-order valence-corrected chi connectivity index (χ0v) is 10.0. The molecule has 1 aromatic rings. The number of hydrogen-bond donors (Lipinski definition) is 2.